The van der Waals surface area contributed by atoms with Crippen LogP contribution in [0, 0.1) is 6.92 Å². The third-order valence-corrected chi connectivity index (χ3v) is 2.97. The molecule has 2 aromatic rings. The molecule has 0 saturated carbocycles. The van der Waals surface area contributed by atoms with Gasteiger partial charge >= 0.3 is 12.0 Å². The molecule has 110 valence electrons. The highest BCUT2D eigenvalue weighted by Gasteiger charge is 2.09. The summed E-state index contributed by atoms with van der Waals surface area (Å²) in [7, 11) is 0. The molecule has 0 spiro atoms. The average molecular weight is 354 g/mol. The molecule has 0 aliphatic rings. The Kier molecular flexibility index (Phi) is 4.59. The van der Waals surface area contributed by atoms with Crippen LogP contribution in [-0.4, -0.2) is 22.3 Å². The fraction of sp³-hybridized carbons (Fsp3) is 0.154. The maximum Gasteiger partial charge on any atom is 0.335 e. The third kappa shape index (κ3) is 4.32. The van der Waals surface area contributed by atoms with E-state index in [2.05, 4.69) is 31.7 Å². The number of urea groups is 1. The van der Waals surface area contributed by atoms with Crippen molar-refractivity contribution in [2.24, 2.45) is 0 Å². The van der Waals surface area contributed by atoms with Crippen LogP contribution < -0.4 is 10.6 Å². The molecule has 2 rings (SSSR count). The van der Waals surface area contributed by atoms with Gasteiger partial charge in [0.25, 0.3) is 0 Å². The zero-order chi connectivity index (χ0) is 15.4. The van der Waals surface area contributed by atoms with Gasteiger partial charge in [-0.2, -0.15) is 0 Å². The van der Waals surface area contributed by atoms with Crippen LogP contribution in [0.15, 0.2) is 33.3 Å². The number of carbonyl (C=O) groups excluding carboxylic acids is 1. The van der Waals surface area contributed by atoms with Crippen LogP contribution in [-0.2, 0) is 6.54 Å². The summed E-state index contributed by atoms with van der Waals surface area (Å²) in [6.45, 7) is 1.97. The lowest BCUT2D eigenvalue weighted by Gasteiger charge is -2.08. The first-order valence-corrected chi connectivity index (χ1v) is 6.74. The van der Waals surface area contributed by atoms with E-state index < -0.39 is 12.0 Å². The summed E-state index contributed by atoms with van der Waals surface area (Å²) < 4.78 is 5.44. The lowest BCUT2D eigenvalue weighted by atomic mass is 10.2. The van der Waals surface area contributed by atoms with Gasteiger partial charge in [-0.3, -0.25) is 0 Å². The van der Waals surface area contributed by atoms with E-state index in [0.717, 1.165) is 0 Å². The highest BCUT2D eigenvalue weighted by Crippen LogP contribution is 2.19. The second-order valence-electron chi connectivity index (χ2n) is 4.27. The highest BCUT2D eigenvalue weighted by atomic mass is 79.9. The smallest absolute Gasteiger partial charge is 0.335 e. The highest BCUT2D eigenvalue weighted by molar-refractivity contribution is 9.10. The molecular formula is C13H12BrN3O4. The molecule has 3 N–H and O–H groups in total. The summed E-state index contributed by atoms with van der Waals surface area (Å²) in [5.41, 5.74) is 1.05. The summed E-state index contributed by atoms with van der Waals surface area (Å²) in [6, 6.07) is 5.66. The van der Waals surface area contributed by atoms with Crippen LogP contribution in [0.5, 0.6) is 0 Å². The molecule has 0 saturated heterocycles. The van der Waals surface area contributed by atoms with E-state index in [1.807, 2.05) is 0 Å². The van der Waals surface area contributed by atoms with Crippen molar-refractivity contribution in [3.05, 3.63) is 45.8 Å². The van der Waals surface area contributed by atoms with Crippen LogP contribution in [0.25, 0.3) is 0 Å². The topological polar surface area (TPSA) is 104 Å². The minimum atomic E-state index is -1.07. The Labute approximate surface area is 128 Å². The number of aryl methyl sites for hydroxylation is 1. The quantitative estimate of drug-likeness (QED) is 0.783. The first-order chi connectivity index (χ1) is 9.94. The van der Waals surface area contributed by atoms with Crippen molar-refractivity contribution in [2.45, 2.75) is 13.5 Å². The number of aromatic carboxylic acids is 1. The van der Waals surface area contributed by atoms with Crippen molar-refractivity contribution in [1.82, 2.24) is 10.5 Å². The Morgan fingerprint density at radius 3 is 2.71 bits per heavy atom. The average Bonchev–Trinajstić information content (AvgIpc) is 2.81. The normalized spacial score (nSPS) is 10.2. The first-order valence-electron chi connectivity index (χ1n) is 5.95. The molecular weight excluding hydrogens is 342 g/mol. The second kappa shape index (κ2) is 6.40. The van der Waals surface area contributed by atoms with Gasteiger partial charge in [0.1, 0.15) is 11.5 Å². The second-order valence-corrected chi connectivity index (χ2v) is 5.19. The van der Waals surface area contributed by atoms with E-state index in [1.54, 1.807) is 19.1 Å². The number of carboxylic acid groups (broad SMARTS) is 1. The predicted octanol–water partition coefficient (Wildman–Crippen LogP) is 2.77. The number of nitrogens with one attached hydrogen (secondary N) is 2. The van der Waals surface area contributed by atoms with E-state index in [9.17, 15) is 9.59 Å². The van der Waals surface area contributed by atoms with E-state index in [4.69, 9.17) is 9.63 Å². The van der Waals surface area contributed by atoms with Crippen LogP contribution in [0.4, 0.5) is 10.5 Å². The number of carbonyl (C=O) groups is 2. The molecule has 2 amide bonds. The van der Waals surface area contributed by atoms with Gasteiger partial charge in [-0.25, -0.2) is 9.59 Å². The maximum atomic E-state index is 11.7. The number of halogens is 1. The van der Waals surface area contributed by atoms with Gasteiger partial charge in [0.15, 0.2) is 0 Å². The molecule has 1 aromatic heterocycles. The third-order valence-electron chi connectivity index (χ3n) is 2.51. The Balaban J connectivity index is 1.97. The molecule has 1 heterocycles. The molecule has 0 radical (unpaired) electrons. The number of carboxylic acids is 1. The Morgan fingerprint density at radius 1 is 1.33 bits per heavy atom. The molecule has 1 aromatic carbocycles. The van der Waals surface area contributed by atoms with Crippen molar-refractivity contribution < 1.29 is 19.2 Å². The number of aromatic nitrogens is 1. The summed E-state index contributed by atoms with van der Waals surface area (Å²) >= 11 is 3.19. The van der Waals surface area contributed by atoms with Crippen molar-refractivity contribution >= 4 is 33.6 Å². The van der Waals surface area contributed by atoms with E-state index >= 15 is 0 Å². The standard InChI is InChI=1S/C13H12BrN3O4/c1-7-2-11(17-21-7)6-15-13(20)16-10-4-8(12(18)19)3-9(14)5-10/h2-5H,6H2,1H3,(H,18,19)(H2,15,16,20). The molecule has 0 fully saturated rings. The van der Waals surface area contributed by atoms with Crippen LogP contribution in [0.2, 0.25) is 0 Å². The molecule has 7 nitrogen and oxygen atoms in total. The summed E-state index contributed by atoms with van der Waals surface area (Å²) in [6.07, 6.45) is 0. The van der Waals surface area contributed by atoms with Gasteiger partial charge in [-0.15, -0.1) is 0 Å². The molecule has 0 atom stereocenters. The fourth-order valence-corrected chi connectivity index (χ4v) is 2.13. The molecule has 0 bridgehead atoms. The van der Waals surface area contributed by atoms with E-state index in [0.29, 0.717) is 21.6 Å². The number of benzene rings is 1. The van der Waals surface area contributed by atoms with Gasteiger partial charge in [0.05, 0.1) is 12.1 Å². The zero-order valence-corrected chi connectivity index (χ0v) is 12.6. The van der Waals surface area contributed by atoms with Gasteiger partial charge in [-0.1, -0.05) is 21.1 Å². The molecule has 0 aliphatic carbocycles. The number of anilines is 1. The summed E-state index contributed by atoms with van der Waals surface area (Å²) in [5, 5.41) is 17.8. The first kappa shape index (κ1) is 15.0. The van der Waals surface area contributed by atoms with Crippen LogP contribution >= 0.6 is 15.9 Å². The van der Waals surface area contributed by atoms with E-state index in [1.165, 1.54) is 12.1 Å². The Bertz CT molecular complexity index is 684. The molecule has 0 aliphatic heterocycles. The number of nitrogens with zero attached hydrogens (tertiary/aromatic N) is 1. The van der Waals surface area contributed by atoms with Crippen molar-refractivity contribution in [3.8, 4) is 0 Å². The van der Waals surface area contributed by atoms with E-state index in [-0.39, 0.29) is 12.1 Å². The Hall–Kier alpha value is -2.35. The molecule has 8 heteroatoms. The van der Waals surface area contributed by atoms with Gasteiger partial charge in [-0.05, 0) is 25.1 Å². The lowest BCUT2D eigenvalue weighted by Crippen LogP contribution is -2.28. The SMILES string of the molecule is Cc1cc(CNC(=O)Nc2cc(Br)cc(C(=O)O)c2)no1. The number of hydrogen-bond donors (Lipinski definition) is 3. The number of hydrogen-bond acceptors (Lipinski definition) is 4. The minimum Gasteiger partial charge on any atom is -0.478 e. The summed E-state index contributed by atoms with van der Waals surface area (Å²) in [4.78, 5) is 22.7. The van der Waals surface area contributed by atoms with Crippen LogP contribution in [0.1, 0.15) is 21.8 Å². The van der Waals surface area contributed by atoms with Crippen molar-refractivity contribution in [1.29, 1.82) is 0 Å². The lowest BCUT2D eigenvalue weighted by molar-refractivity contribution is 0.0697. The number of rotatable bonds is 4. The number of amides is 2. The maximum absolute atomic E-state index is 11.7. The predicted molar refractivity (Wildman–Crippen MR) is 78.2 cm³/mol. The fourth-order valence-electron chi connectivity index (χ4n) is 1.63. The van der Waals surface area contributed by atoms with Crippen molar-refractivity contribution in [3.63, 3.8) is 0 Å². The summed E-state index contributed by atoms with van der Waals surface area (Å²) in [5.74, 6) is -0.414. The molecule has 21 heavy (non-hydrogen) atoms. The van der Waals surface area contributed by atoms with Gasteiger partial charge < -0.3 is 20.3 Å². The zero-order valence-electron chi connectivity index (χ0n) is 11.0. The monoisotopic (exact) mass is 353 g/mol. The molecule has 0 unspecified atom stereocenters. The van der Waals surface area contributed by atoms with Gasteiger partial charge in [0, 0.05) is 16.2 Å². The minimum absolute atomic E-state index is 0.0757. The Morgan fingerprint density at radius 2 is 2.10 bits per heavy atom. The van der Waals surface area contributed by atoms with Crippen LogP contribution in [0.3, 0.4) is 0 Å². The van der Waals surface area contributed by atoms with Gasteiger partial charge in [0.2, 0.25) is 0 Å². The van der Waals surface area contributed by atoms with Crippen molar-refractivity contribution in [2.75, 3.05) is 5.32 Å². The largest absolute Gasteiger partial charge is 0.478 e.